The van der Waals surface area contributed by atoms with E-state index < -0.39 is 0 Å². The summed E-state index contributed by atoms with van der Waals surface area (Å²) in [6.45, 7) is 1.88. The Hall–Kier alpha value is -2.93. The van der Waals surface area contributed by atoms with E-state index in [9.17, 15) is 14.4 Å². The highest BCUT2D eigenvalue weighted by atomic mass is 16.5. The fraction of sp³-hybridized carbons (Fsp3) is 0.381. The number of benzene rings is 1. The Morgan fingerprint density at radius 1 is 1.21 bits per heavy atom. The SMILES string of the molecule is COC(=O)Cc1ccc2c(c1)NC(=O)C(C)CCCC(N)c1cc-2cc(=O)[nH]1. The maximum absolute atomic E-state index is 12.7. The van der Waals surface area contributed by atoms with Crippen LogP contribution in [-0.4, -0.2) is 24.0 Å². The van der Waals surface area contributed by atoms with E-state index in [2.05, 4.69) is 10.3 Å². The summed E-state index contributed by atoms with van der Waals surface area (Å²) in [4.78, 5) is 39.3. The third-order valence-corrected chi connectivity index (χ3v) is 5.09. The van der Waals surface area contributed by atoms with Crippen LogP contribution in [0.2, 0.25) is 0 Å². The molecule has 1 aliphatic rings. The number of hydrogen-bond acceptors (Lipinski definition) is 5. The van der Waals surface area contributed by atoms with Crippen LogP contribution in [0.4, 0.5) is 5.69 Å². The fourth-order valence-electron chi connectivity index (χ4n) is 3.40. The van der Waals surface area contributed by atoms with Crippen LogP contribution in [0.3, 0.4) is 0 Å². The molecular formula is C21H25N3O4. The number of methoxy groups -OCH3 is 1. The Morgan fingerprint density at radius 2 is 2.00 bits per heavy atom. The number of nitrogens with one attached hydrogen (secondary N) is 2. The van der Waals surface area contributed by atoms with Crippen LogP contribution < -0.4 is 16.6 Å². The number of pyridine rings is 1. The quantitative estimate of drug-likeness (QED) is 0.690. The first kappa shape index (κ1) is 19.8. The van der Waals surface area contributed by atoms with Gasteiger partial charge in [0.05, 0.1) is 13.5 Å². The minimum Gasteiger partial charge on any atom is -0.469 e. The minimum absolute atomic E-state index is 0.0979. The van der Waals surface area contributed by atoms with Crippen molar-refractivity contribution in [1.29, 1.82) is 0 Å². The molecule has 3 rings (SSSR count). The first-order chi connectivity index (χ1) is 13.4. The summed E-state index contributed by atoms with van der Waals surface area (Å²) in [6, 6.07) is 8.37. The number of aromatic nitrogens is 1. The fourth-order valence-corrected chi connectivity index (χ4v) is 3.40. The molecule has 148 valence electrons. The number of hydrogen-bond donors (Lipinski definition) is 3. The normalized spacial score (nSPS) is 19.6. The van der Waals surface area contributed by atoms with Gasteiger partial charge in [-0.25, -0.2) is 0 Å². The number of esters is 1. The maximum Gasteiger partial charge on any atom is 0.309 e. The van der Waals surface area contributed by atoms with Gasteiger partial charge in [-0.3, -0.25) is 14.4 Å². The average Bonchev–Trinajstić information content (AvgIpc) is 2.66. The number of aromatic amines is 1. The van der Waals surface area contributed by atoms with Gasteiger partial charge in [0.25, 0.3) is 0 Å². The van der Waals surface area contributed by atoms with E-state index in [1.54, 1.807) is 18.2 Å². The molecule has 1 amide bonds. The van der Waals surface area contributed by atoms with Crippen molar-refractivity contribution < 1.29 is 14.3 Å². The number of nitrogens with two attached hydrogens (primary N) is 1. The zero-order chi connectivity index (χ0) is 20.3. The summed E-state index contributed by atoms with van der Waals surface area (Å²) in [6.07, 6.45) is 2.25. The predicted octanol–water partition coefficient (Wildman–Crippen LogP) is 2.52. The van der Waals surface area contributed by atoms with Crippen LogP contribution in [-0.2, 0) is 20.7 Å². The van der Waals surface area contributed by atoms with Crippen LogP contribution in [0, 0.1) is 5.92 Å². The number of amides is 1. The molecule has 0 aliphatic carbocycles. The van der Waals surface area contributed by atoms with E-state index in [1.165, 1.54) is 13.2 Å². The number of H-pyrrole nitrogens is 1. The second kappa shape index (κ2) is 8.39. The van der Waals surface area contributed by atoms with Gasteiger partial charge in [0, 0.05) is 35.0 Å². The first-order valence-electron chi connectivity index (χ1n) is 9.38. The summed E-state index contributed by atoms with van der Waals surface area (Å²) >= 11 is 0. The van der Waals surface area contributed by atoms with Crippen LogP contribution in [0.15, 0.2) is 35.1 Å². The molecule has 1 aromatic carbocycles. The van der Waals surface area contributed by atoms with Crippen LogP contribution >= 0.6 is 0 Å². The van der Waals surface area contributed by atoms with Gasteiger partial charge in [0.2, 0.25) is 11.5 Å². The van der Waals surface area contributed by atoms with Gasteiger partial charge in [-0.1, -0.05) is 25.5 Å². The Bertz CT molecular complexity index is 951. The van der Waals surface area contributed by atoms with E-state index in [1.807, 2.05) is 13.0 Å². The van der Waals surface area contributed by atoms with Crippen LogP contribution in [0.25, 0.3) is 11.1 Å². The summed E-state index contributed by atoms with van der Waals surface area (Å²) in [5.74, 6) is -0.644. The molecule has 28 heavy (non-hydrogen) atoms. The largest absolute Gasteiger partial charge is 0.469 e. The molecule has 1 aliphatic heterocycles. The highest BCUT2D eigenvalue weighted by Gasteiger charge is 2.19. The number of fused-ring (bicyclic) bond motifs is 4. The van der Waals surface area contributed by atoms with E-state index >= 15 is 0 Å². The predicted molar refractivity (Wildman–Crippen MR) is 107 cm³/mol. The molecule has 0 spiro atoms. The molecule has 0 saturated carbocycles. The van der Waals surface area contributed by atoms with Crippen molar-refractivity contribution in [2.75, 3.05) is 12.4 Å². The average molecular weight is 383 g/mol. The molecular weight excluding hydrogens is 358 g/mol. The second-order valence-corrected chi connectivity index (χ2v) is 7.25. The minimum atomic E-state index is -0.364. The van der Waals surface area contributed by atoms with Gasteiger partial charge in [0.15, 0.2) is 0 Å². The first-order valence-corrected chi connectivity index (χ1v) is 9.38. The summed E-state index contributed by atoms with van der Waals surface area (Å²) in [5.41, 5.74) is 9.33. The third kappa shape index (κ3) is 4.48. The van der Waals surface area contributed by atoms with E-state index in [0.717, 1.165) is 6.42 Å². The zero-order valence-electron chi connectivity index (χ0n) is 16.1. The Kier molecular flexibility index (Phi) is 5.94. The standard InChI is InChI=1S/C21H25N3O4/c1-12-4-3-5-16(22)18-10-14(11-19(25)23-18)15-7-6-13(9-20(26)28-2)8-17(15)24-21(12)27/h6-8,10-12,16H,3-5,9,22H2,1-2H3,(H,23,25)(H,24,27). The molecule has 0 saturated heterocycles. The van der Waals surface area contributed by atoms with Gasteiger partial charge in [-0.15, -0.1) is 0 Å². The number of ether oxygens (including phenoxy) is 1. The topological polar surface area (TPSA) is 114 Å². The molecule has 2 aromatic rings. The lowest BCUT2D eigenvalue weighted by atomic mass is 9.95. The van der Waals surface area contributed by atoms with Crippen molar-refractivity contribution in [2.24, 2.45) is 11.7 Å². The van der Waals surface area contributed by atoms with Gasteiger partial charge < -0.3 is 20.8 Å². The lowest BCUT2D eigenvalue weighted by Crippen LogP contribution is -2.23. The maximum atomic E-state index is 12.7. The van der Waals surface area contributed by atoms with E-state index in [4.69, 9.17) is 10.5 Å². The van der Waals surface area contributed by atoms with Crippen molar-refractivity contribution >= 4 is 17.6 Å². The smallest absolute Gasteiger partial charge is 0.309 e. The third-order valence-electron chi connectivity index (χ3n) is 5.09. The second-order valence-electron chi connectivity index (χ2n) is 7.25. The van der Waals surface area contributed by atoms with Crippen molar-refractivity contribution in [2.45, 2.75) is 38.6 Å². The Morgan fingerprint density at radius 3 is 2.75 bits per heavy atom. The highest BCUT2D eigenvalue weighted by molar-refractivity contribution is 5.97. The molecule has 7 heteroatoms. The van der Waals surface area contributed by atoms with Crippen molar-refractivity contribution in [3.63, 3.8) is 0 Å². The van der Waals surface area contributed by atoms with Gasteiger partial charge in [-0.05, 0) is 36.1 Å². The monoisotopic (exact) mass is 383 g/mol. The summed E-state index contributed by atoms with van der Waals surface area (Å²) in [5, 5.41) is 2.96. The number of rotatable bonds is 2. The van der Waals surface area contributed by atoms with E-state index in [-0.39, 0.29) is 35.8 Å². The zero-order valence-corrected chi connectivity index (χ0v) is 16.1. The molecule has 2 atom stereocenters. The van der Waals surface area contributed by atoms with Crippen LogP contribution in [0.1, 0.15) is 43.5 Å². The summed E-state index contributed by atoms with van der Waals surface area (Å²) in [7, 11) is 1.33. The van der Waals surface area contributed by atoms with Gasteiger partial charge in [0.1, 0.15) is 0 Å². The molecule has 2 unspecified atom stereocenters. The van der Waals surface area contributed by atoms with Gasteiger partial charge in [-0.2, -0.15) is 0 Å². The van der Waals surface area contributed by atoms with Gasteiger partial charge >= 0.3 is 5.97 Å². The molecule has 7 nitrogen and oxygen atoms in total. The molecule has 4 N–H and O–H groups in total. The van der Waals surface area contributed by atoms with Crippen LogP contribution in [0.5, 0.6) is 0 Å². The number of anilines is 1. The van der Waals surface area contributed by atoms with Crippen molar-refractivity contribution in [1.82, 2.24) is 4.98 Å². The Balaban J connectivity index is 2.13. The van der Waals surface area contributed by atoms with Crippen molar-refractivity contribution in [3.8, 4) is 11.1 Å². The number of carbonyl (C=O) groups excluding carboxylic acids is 2. The highest BCUT2D eigenvalue weighted by Crippen LogP contribution is 2.31. The lowest BCUT2D eigenvalue weighted by Gasteiger charge is -2.20. The molecule has 0 radical (unpaired) electrons. The molecule has 0 fully saturated rings. The lowest BCUT2D eigenvalue weighted by molar-refractivity contribution is -0.139. The molecule has 2 heterocycles. The molecule has 1 aromatic heterocycles. The number of carbonyl (C=O) groups is 2. The van der Waals surface area contributed by atoms with E-state index in [0.29, 0.717) is 40.9 Å². The van der Waals surface area contributed by atoms with Crippen molar-refractivity contribution in [3.05, 3.63) is 51.9 Å². The molecule has 2 bridgehead atoms. The summed E-state index contributed by atoms with van der Waals surface area (Å²) < 4.78 is 4.73. The Labute approximate surface area is 163 Å².